The summed E-state index contributed by atoms with van der Waals surface area (Å²) in [6.45, 7) is 6.92. The Morgan fingerprint density at radius 1 is 1.11 bits per heavy atom. The second-order valence-electron chi connectivity index (χ2n) is 7.98. The van der Waals surface area contributed by atoms with Gasteiger partial charge in [-0.25, -0.2) is 4.39 Å². The topological polar surface area (TPSA) is 19.0 Å². The van der Waals surface area contributed by atoms with E-state index in [1.165, 1.54) is 42.8 Å². The molecular weight excluding hydrogens is 335 g/mol. The quantitative estimate of drug-likeness (QED) is 0.586. The highest BCUT2D eigenvalue weighted by Gasteiger charge is 2.24. The minimum Gasteiger partial charge on any atom is -0.354 e. The number of nitrogens with zero attached hydrogens (tertiary/aromatic N) is 1. The maximum Gasteiger partial charge on any atom is 0.123 e. The number of likely N-dealkylation sites (tertiary alicyclic amines) is 1. The third kappa shape index (κ3) is 3.79. The first-order chi connectivity index (χ1) is 13.2. The predicted octanol–water partition coefficient (Wildman–Crippen LogP) is 6.03. The molecule has 2 atom stereocenters. The Kier molecular flexibility index (Phi) is 5.31. The van der Waals surface area contributed by atoms with Crippen molar-refractivity contribution in [2.45, 2.75) is 45.6 Å². The maximum absolute atomic E-state index is 13.8. The predicted molar refractivity (Wildman–Crippen MR) is 111 cm³/mol. The normalized spacial score (nSPS) is 21.0. The van der Waals surface area contributed by atoms with Gasteiger partial charge in [-0.1, -0.05) is 43.7 Å². The van der Waals surface area contributed by atoms with E-state index in [2.05, 4.69) is 48.0 Å². The Hall–Kier alpha value is -2.13. The van der Waals surface area contributed by atoms with Crippen LogP contribution >= 0.6 is 0 Å². The van der Waals surface area contributed by atoms with Crippen molar-refractivity contribution in [3.8, 4) is 11.3 Å². The number of aromatic nitrogens is 1. The molecular formula is C24H29FN2. The molecule has 3 heteroatoms. The van der Waals surface area contributed by atoms with Gasteiger partial charge in [0.2, 0.25) is 0 Å². The van der Waals surface area contributed by atoms with Crippen LogP contribution in [0.1, 0.15) is 38.7 Å². The molecule has 2 aromatic carbocycles. The Balaban J connectivity index is 1.65. The van der Waals surface area contributed by atoms with Crippen molar-refractivity contribution in [2.24, 2.45) is 5.92 Å². The zero-order valence-electron chi connectivity index (χ0n) is 16.3. The lowest BCUT2D eigenvalue weighted by atomic mass is 9.91. The SMILES string of the molecule is CCC1CCC(C)N(CCc2c(-c3cccc(F)c3)[nH]c3ccccc23)C1. The van der Waals surface area contributed by atoms with Crippen LogP contribution in [0.4, 0.5) is 4.39 Å². The number of hydrogen-bond donors (Lipinski definition) is 1. The van der Waals surface area contributed by atoms with E-state index in [9.17, 15) is 4.39 Å². The molecule has 27 heavy (non-hydrogen) atoms. The molecule has 1 aliphatic heterocycles. The zero-order chi connectivity index (χ0) is 18.8. The molecule has 142 valence electrons. The number of fused-ring (bicyclic) bond motifs is 1. The molecule has 0 aliphatic carbocycles. The molecule has 4 rings (SSSR count). The summed E-state index contributed by atoms with van der Waals surface area (Å²) >= 11 is 0. The van der Waals surface area contributed by atoms with E-state index >= 15 is 0 Å². The van der Waals surface area contributed by atoms with E-state index in [4.69, 9.17) is 0 Å². The lowest BCUT2D eigenvalue weighted by Gasteiger charge is -2.37. The minimum absolute atomic E-state index is 0.187. The third-order valence-electron chi connectivity index (χ3n) is 6.26. The van der Waals surface area contributed by atoms with Crippen LogP contribution in [0.3, 0.4) is 0 Å². The summed E-state index contributed by atoms with van der Waals surface area (Å²) in [7, 11) is 0. The fourth-order valence-corrected chi connectivity index (χ4v) is 4.51. The van der Waals surface area contributed by atoms with Crippen LogP contribution in [-0.4, -0.2) is 29.0 Å². The van der Waals surface area contributed by atoms with Gasteiger partial charge < -0.3 is 9.88 Å². The number of rotatable bonds is 5. The average Bonchev–Trinajstić information content (AvgIpc) is 3.06. The first-order valence-corrected chi connectivity index (χ1v) is 10.2. The molecule has 2 unspecified atom stereocenters. The maximum atomic E-state index is 13.8. The fraction of sp³-hybridized carbons (Fsp3) is 0.417. The fourth-order valence-electron chi connectivity index (χ4n) is 4.51. The van der Waals surface area contributed by atoms with Crippen LogP contribution in [-0.2, 0) is 6.42 Å². The molecule has 0 bridgehead atoms. The van der Waals surface area contributed by atoms with Gasteiger partial charge in [-0.15, -0.1) is 0 Å². The summed E-state index contributed by atoms with van der Waals surface area (Å²) in [5, 5.41) is 1.26. The van der Waals surface area contributed by atoms with Gasteiger partial charge in [0.1, 0.15) is 5.82 Å². The van der Waals surface area contributed by atoms with Crippen molar-refractivity contribution in [2.75, 3.05) is 13.1 Å². The number of H-pyrrole nitrogens is 1. The molecule has 0 spiro atoms. The summed E-state index contributed by atoms with van der Waals surface area (Å²) in [6.07, 6.45) is 4.90. The van der Waals surface area contributed by atoms with Crippen LogP contribution in [0.25, 0.3) is 22.2 Å². The lowest BCUT2D eigenvalue weighted by Crippen LogP contribution is -2.42. The van der Waals surface area contributed by atoms with Crippen LogP contribution in [0, 0.1) is 11.7 Å². The van der Waals surface area contributed by atoms with Gasteiger partial charge in [0.15, 0.2) is 0 Å². The van der Waals surface area contributed by atoms with E-state index in [1.807, 2.05) is 6.07 Å². The molecule has 2 nitrogen and oxygen atoms in total. The molecule has 0 saturated carbocycles. The number of para-hydroxylation sites is 1. The minimum atomic E-state index is -0.187. The van der Waals surface area contributed by atoms with Gasteiger partial charge in [0.25, 0.3) is 0 Å². The van der Waals surface area contributed by atoms with Gasteiger partial charge in [-0.2, -0.15) is 0 Å². The van der Waals surface area contributed by atoms with Crippen LogP contribution < -0.4 is 0 Å². The van der Waals surface area contributed by atoms with E-state index in [-0.39, 0.29) is 5.82 Å². The molecule has 1 aromatic heterocycles. The van der Waals surface area contributed by atoms with Crippen molar-refractivity contribution in [3.05, 3.63) is 59.9 Å². The molecule has 0 radical (unpaired) electrons. The Morgan fingerprint density at radius 3 is 2.78 bits per heavy atom. The summed E-state index contributed by atoms with van der Waals surface area (Å²) in [6, 6.07) is 16.0. The van der Waals surface area contributed by atoms with E-state index < -0.39 is 0 Å². The molecule has 3 aromatic rings. The van der Waals surface area contributed by atoms with Gasteiger partial charge in [-0.3, -0.25) is 0 Å². The highest BCUT2D eigenvalue weighted by atomic mass is 19.1. The molecule has 1 saturated heterocycles. The number of benzene rings is 2. The Morgan fingerprint density at radius 2 is 1.96 bits per heavy atom. The number of aromatic amines is 1. The lowest BCUT2D eigenvalue weighted by molar-refractivity contribution is 0.117. The van der Waals surface area contributed by atoms with Crippen LogP contribution in [0.5, 0.6) is 0 Å². The highest BCUT2D eigenvalue weighted by Crippen LogP contribution is 2.32. The third-order valence-corrected chi connectivity index (χ3v) is 6.26. The average molecular weight is 365 g/mol. The Bertz CT molecular complexity index is 914. The van der Waals surface area contributed by atoms with Crippen molar-refractivity contribution >= 4 is 10.9 Å². The van der Waals surface area contributed by atoms with Crippen molar-refractivity contribution < 1.29 is 4.39 Å². The number of hydrogen-bond acceptors (Lipinski definition) is 1. The summed E-state index contributed by atoms with van der Waals surface area (Å²) in [5.41, 5.74) is 4.43. The molecule has 2 heterocycles. The number of halogens is 1. The van der Waals surface area contributed by atoms with E-state index in [0.29, 0.717) is 6.04 Å². The standard InChI is InChI=1S/C24H29FN2/c1-3-18-12-11-17(2)27(16-18)14-13-22-21-9-4-5-10-23(21)26-24(22)19-7-6-8-20(25)15-19/h4-10,15,17-18,26H,3,11-14,16H2,1-2H3. The van der Waals surface area contributed by atoms with Crippen LogP contribution in [0.2, 0.25) is 0 Å². The first-order valence-electron chi connectivity index (χ1n) is 10.2. The molecule has 1 aliphatic rings. The van der Waals surface area contributed by atoms with Gasteiger partial charge in [0.05, 0.1) is 0 Å². The van der Waals surface area contributed by atoms with Crippen molar-refractivity contribution in [1.29, 1.82) is 0 Å². The Labute approximate surface area is 161 Å². The zero-order valence-corrected chi connectivity index (χ0v) is 16.3. The molecule has 1 N–H and O–H groups in total. The number of piperidine rings is 1. The number of nitrogens with one attached hydrogen (secondary N) is 1. The first kappa shape index (κ1) is 18.2. The van der Waals surface area contributed by atoms with E-state index in [1.54, 1.807) is 12.1 Å². The van der Waals surface area contributed by atoms with Gasteiger partial charge >= 0.3 is 0 Å². The molecule has 1 fully saturated rings. The van der Waals surface area contributed by atoms with Crippen molar-refractivity contribution in [3.63, 3.8) is 0 Å². The molecule has 0 amide bonds. The smallest absolute Gasteiger partial charge is 0.123 e. The highest BCUT2D eigenvalue weighted by molar-refractivity contribution is 5.90. The second kappa shape index (κ2) is 7.85. The summed E-state index contributed by atoms with van der Waals surface area (Å²) in [4.78, 5) is 6.19. The van der Waals surface area contributed by atoms with Gasteiger partial charge in [-0.05, 0) is 55.9 Å². The van der Waals surface area contributed by atoms with Crippen LogP contribution in [0.15, 0.2) is 48.5 Å². The largest absolute Gasteiger partial charge is 0.354 e. The summed E-state index contributed by atoms with van der Waals surface area (Å²) < 4.78 is 13.8. The van der Waals surface area contributed by atoms with Crippen molar-refractivity contribution in [1.82, 2.24) is 9.88 Å². The second-order valence-corrected chi connectivity index (χ2v) is 7.98. The monoisotopic (exact) mass is 364 g/mol. The van der Waals surface area contributed by atoms with E-state index in [0.717, 1.165) is 35.7 Å². The summed E-state index contributed by atoms with van der Waals surface area (Å²) in [5.74, 6) is 0.638. The van der Waals surface area contributed by atoms with Gasteiger partial charge in [0, 0.05) is 41.3 Å².